The van der Waals surface area contributed by atoms with E-state index in [4.69, 9.17) is 26.5 Å². The lowest BCUT2D eigenvalue weighted by Crippen LogP contribution is -1.87. The fraction of sp³-hybridized carbons (Fsp3) is 0. The Hall–Kier alpha value is -1.91. The summed E-state index contributed by atoms with van der Waals surface area (Å²) < 4.78 is 0. The lowest BCUT2D eigenvalue weighted by molar-refractivity contribution is 0.137. The first-order valence-corrected chi connectivity index (χ1v) is 3.05. The molecule has 66 valence electrons. The highest BCUT2D eigenvalue weighted by molar-refractivity contribution is 5.53. The van der Waals surface area contributed by atoms with Crippen molar-refractivity contribution in [1.82, 2.24) is 0 Å². The first-order valence-electron chi connectivity index (χ1n) is 3.05. The van der Waals surface area contributed by atoms with Crippen molar-refractivity contribution in [3.63, 3.8) is 0 Å². The number of nitrogens with two attached hydrogens (primary N) is 2. The van der Waals surface area contributed by atoms with Crippen LogP contribution in [0.15, 0.2) is 24.3 Å². The predicted octanol–water partition coefficient (Wildman–Crippen LogP) is 1.07. The topological polar surface area (TPSA) is 110 Å². The quantitative estimate of drug-likeness (QED) is 0.435. The predicted molar refractivity (Wildman–Crippen MR) is 45.9 cm³/mol. The Labute approximate surface area is 69.2 Å². The summed E-state index contributed by atoms with van der Waals surface area (Å²) >= 11 is 0. The maximum atomic E-state index is 8.56. The molecule has 0 unspecified atom stereocenters. The standard InChI is InChI=1S/C6H8N2.CH2O3/c7-5-2-1-3-6(8)4-5;2-1(3)4/h1-4H,7-8H2;(H2,2,3,4). The van der Waals surface area contributed by atoms with Gasteiger partial charge in [-0.25, -0.2) is 4.79 Å². The number of benzene rings is 1. The van der Waals surface area contributed by atoms with E-state index in [0.717, 1.165) is 0 Å². The molecule has 0 bridgehead atoms. The molecular formula is C7H10N2O3. The molecule has 1 aromatic rings. The molecule has 0 aliphatic carbocycles. The number of carbonyl (C=O) groups is 1. The highest BCUT2D eigenvalue weighted by Gasteiger charge is 1.81. The second-order valence-corrected chi connectivity index (χ2v) is 1.95. The molecular weight excluding hydrogens is 160 g/mol. The van der Waals surface area contributed by atoms with Gasteiger partial charge in [0.05, 0.1) is 0 Å². The molecule has 5 heteroatoms. The summed E-state index contributed by atoms with van der Waals surface area (Å²) in [4.78, 5) is 8.56. The van der Waals surface area contributed by atoms with E-state index in [-0.39, 0.29) is 0 Å². The van der Waals surface area contributed by atoms with Crippen LogP contribution in [0.25, 0.3) is 0 Å². The van der Waals surface area contributed by atoms with Gasteiger partial charge in [0.15, 0.2) is 0 Å². The minimum atomic E-state index is -1.83. The van der Waals surface area contributed by atoms with Gasteiger partial charge in [0.2, 0.25) is 0 Å². The Morgan fingerprint density at radius 3 is 1.67 bits per heavy atom. The van der Waals surface area contributed by atoms with Crippen molar-refractivity contribution in [3.8, 4) is 0 Å². The molecule has 0 aliphatic rings. The zero-order chi connectivity index (χ0) is 9.56. The van der Waals surface area contributed by atoms with Gasteiger partial charge in [-0.3, -0.25) is 0 Å². The highest BCUT2D eigenvalue weighted by atomic mass is 16.6. The first-order chi connectivity index (χ1) is 5.52. The molecule has 0 fully saturated rings. The van der Waals surface area contributed by atoms with Crippen molar-refractivity contribution in [2.45, 2.75) is 0 Å². The summed E-state index contributed by atoms with van der Waals surface area (Å²) in [6.07, 6.45) is -1.83. The van der Waals surface area contributed by atoms with E-state index >= 15 is 0 Å². The number of carboxylic acid groups (broad SMARTS) is 2. The van der Waals surface area contributed by atoms with Gasteiger partial charge in [0.25, 0.3) is 0 Å². The third kappa shape index (κ3) is 6.21. The Kier molecular flexibility index (Phi) is 4.07. The van der Waals surface area contributed by atoms with Crippen LogP contribution in [0, 0.1) is 0 Å². The van der Waals surface area contributed by atoms with Crippen molar-refractivity contribution in [3.05, 3.63) is 24.3 Å². The van der Waals surface area contributed by atoms with Crippen LogP contribution in [0.2, 0.25) is 0 Å². The molecule has 12 heavy (non-hydrogen) atoms. The van der Waals surface area contributed by atoms with Crippen molar-refractivity contribution in [1.29, 1.82) is 0 Å². The van der Waals surface area contributed by atoms with Crippen LogP contribution in [0.1, 0.15) is 0 Å². The molecule has 0 aromatic heterocycles. The summed E-state index contributed by atoms with van der Waals surface area (Å²) in [6.45, 7) is 0. The van der Waals surface area contributed by atoms with Crippen LogP contribution in [0.5, 0.6) is 0 Å². The Morgan fingerprint density at radius 1 is 1.17 bits per heavy atom. The van der Waals surface area contributed by atoms with Gasteiger partial charge in [-0.05, 0) is 18.2 Å². The molecule has 0 radical (unpaired) electrons. The number of hydrogen-bond acceptors (Lipinski definition) is 3. The van der Waals surface area contributed by atoms with Crippen LogP contribution in [0.4, 0.5) is 16.2 Å². The lowest BCUT2D eigenvalue weighted by Gasteiger charge is -1.91. The van der Waals surface area contributed by atoms with Crippen LogP contribution < -0.4 is 11.5 Å². The summed E-state index contributed by atoms with van der Waals surface area (Å²) in [7, 11) is 0. The molecule has 0 saturated carbocycles. The molecule has 0 spiro atoms. The minimum absolute atomic E-state index is 0.713. The molecule has 6 N–H and O–H groups in total. The molecule has 0 amide bonds. The van der Waals surface area contributed by atoms with Crippen LogP contribution in [-0.4, -0.2) is 16.4 Å². The zero-order valence-corrected chi connectivity index (χ0v) is 6.27. The van der Waals surface area contributed by atoms with E-state index in [0.29, 0.717) is 11.4 Å². The molecule has 0 aliphatic heterocycles. The number of anilines is 2. The molecule has 0 saturated heterocycles. The lowest BCUT2D eigenvalue weighted by atomic mass is 10.3. The van der Waals surface area contributed by atoms with E-state index in [1.54, 1.807) is 18.2 Å². The van der Waals surface area contributed by atoms with Crippen molar-refractivity contribution >= 4 is 17.5 Å². The largest absolute Gasteiger partial charge is 0.503 e. The smallest absolute Gasteiger partial charge is 0.450 e. The van der Waals surface area contributed by atoms with Crippen molar-refractivity contribution in [2.24, 2.45) is 0 Å². The molecule has 1 rings (SSSR count). The van der Waals surface area contributed by atoms with E-state index in [1.807, 2.05) is 6.07 Å². The van der Waals surface area contributed by atoms with E-state index in [9.17, 15) is 0 Å². The molecule has 0 heterocycles. The van der Waals surface area contributed by atoms with Gasteiger partial charge >= 0.3 is 6.16 Å². The third-order valence-electron chi connectivity index (χ3n) is 0.911. The fourth-order valence-electron chi connectivity index (χ4n) is 0.559. The maximum Gasteiger partial charge on any atom is 0.503 e. The van der Waals surface area contributed by atoms with Crippen molar-refractivity contribution in [2.75, 3.05) is 11.5 Å². The van der Waals surface area contributed by atoms with E-state index in [1.165, 1.54) is 0 Å². The number of rotatable bonds is 0. The third-order valence-corrected chi connectivity index (χ3v) is 0.911. The number of nitrogen functional groups attached to an aromatic ring is 2. The Morgan fingerprint density at radius 2 is 1.50 bits per heavy atom. The van der Waals surface area contributed by atoms with Crippen LogP contribution in [0.3, 0.4) is 0 Å². The molecule has 1 aromatic carbocycles. The highest BCUT2D eigenvalue weighted by Crippen LogP contribution is 2.06. The molecule has 5 nitrogen and oxygen atoms in total. The summed E-state index contributed by atoms with van der Waals surface area (Å²) in [5.41, 5.74) is 12.2. The summed E-state index contributed by atoms with van der Waals surface area (Å²) in [6, 6.07) is 7.15. The summed E-state index contributed by atoms with van der Waals surface area (Å²) in [5, 5.41) is 13.9. The van der Waals surface area contributed by atoms with Crippen LogP contribution in [-0.2, 0) is 0 Å². The average Bonchev–Trinajstić information content (AvgIpc) is 1.84. The van der Waals surface area contributed by atoms with Gasteiger partial charge < -0.3 is 21.7 Å². The SMILES string of the molecule is Nc1cccc(N)c1.O=C(O)O. The first kappa shape index (κ1) is 10.1. The van der Waals surface area contributed by atoms with Gasteiger partial charge in [0.1, 0.15) is 0 Å². The maximum absolute atomic E-state index is 8.56. The zero-order valence-electron chi connectivity index (χ0n) is 6.27. The monoisotopic (exact) mass is 170 g/mol. The second-order valence-electron chi connectivity index (χ2n) is 1.95. The summed E-state index contributed by atoms with van der Waals surface area (Å²) in [5.74, 6) is 0. The van der Waals surface area contributed by atoms with Gasteiger partial charge in [0, 0.05) is 11.4 Å². The van der Waals surface area contributed by atoms with E-state index in [2.05, 4.69) is 0 Å². The van der Waals surface area contributed by atoms with Gasteiger partial charge in [-0.15, -0.1) is 0 Å². The van der Waals surface area contributed by atoms with Gasteiger partial charge in [-0.1, -0.05) is 6.07 Å². The Bertz CT molecular complexity index is 241. The second kappa shape index (κ2) is 4.84. The molecule has 0 atom stereocenters. The average molecular weight is 170 g/mol. The fourth-order valence-corrected chi connectivity index (χ4v) is 0.559. The van der Waals surface area contributed by atoms with Crippen LogP contribution >= 0.6 is 0 Å². The van der Waals surface area contributed by atoms with Crippen molar-refractivity contribution < 1.29 is 15.0 Å². The minimum Gasteiger partial charge on any atom is -0.450 e. The van der Waals surface area contributed by atoms with Gasteiger partial charge in [-0.2, -0.15) is 0 Å². The number of hydrogen-bond donors (Lipinski definition) is 4. The van der Waals surface area contributed by atoms with E-state index < -0.39 is 6.16 Å². The normalized spacial score (nSPS) is 8.00. The Balaban J connectivity index is 0.000000261.